The first-order valence-corrected chi connectivity index (χ1v) is 7.12. The summed E-state index contributed by atoms with van der Waals surface area (Å²) in [4.78, 5) is 11.9. The Bertz CT molecular complexity index is 733. The van der Waals surface area contributed by atoms with Crippen LogP contribution in [0.3, 0.4) is 0 Å². The van der Waals surface area contributed by atoms with Crippen LogP contribution in [0, 0.1) is 0 Å². The number of hydrogen-bond acceptors (Lipinski definition) is 2. The molecular weight excluding hydrogens is 351 g/mol. The molecule has 0 saturated carbocycles. The Morgan fingerprint density at radius 2 is 1.76 bits per heavy atom. The highest BCUT2D eigenvalue weighted by Crippen LogP contribution is 2.37. The molecule has 1 aromatic heterocycles. The number of aryl methyl sites for hydroxylation is 2. The van der Waals surface area contributed by atoms with Crippen LogP contribution in [-0.4, -0.2) is 21.9 Å². The van der Waals surface area contributed by atoms with Gasteiger partial charge in [-0.25, -0.2) is 4.79 Å². The molecule has 2 aromatic rings. The van der Waals surface area contributed by atoms with Gasteiger partial charge >= 0.3 is 11.9 Å². The number of aromatic nitrogens is 2. The zero-order valence-electron chi connectivity index (χ0n) is 11.8. The van der Waals surface area contributed by atoms with E-state index in [1.165, 1.54) is 22.2 Å². The van der Waals surface area contributed by atoms with Gasteiger partial charge < -0.3 is 5.32 Å². The van der Waals surface area contributed by atoms with Crippen LogP contribution in [0.2, 0.25) is 0 Å². The van der Waals surface area contributed by atoms with Gasteiger partial charge in [0.05, 0.1) is 11.0 Å². The number of fused-ring (bicyclic) bond motifs is 1. The van der Waals surface area contributed by atoms with E-state index in [0.29, 0.717) is 15.5 Å². The summed E-state index contributed by atoms with van der Waals surface area (Å²) in [6, 6.07) is 1.17. The van der Waals surface area contributed by atoms with Gasteiger partial charge in [-0.15, -0.1) is 0 Å². The fourth-order valence-corrected chi connectivity index (χ4v) is 2.92. The van der Waals surface area contributed by atoms with Crippen molar-refractivity contribution in [3.8, 4) is 0 Å². The number of imidazole rings is 1. The van der Waals surface area contributed by atoms with Crippen molar-refractivity contribution in [3.05, 3.63) is 32.7 Å². The Morgan fingerprint density at radius 3 is 2.24 bits per heavy atom. The van der Waals surface area contributed by atoms with Crippen LogP contribution in [0.4, 0.5) is 13.2 Å². The molecule has 0 aliphatic heterocycles. The largest absolute Gasteiger partial charge is 0.407 e. The van der Waals surface area contributed by atoms with Crippen LogP contribution in [0.15, 0.2) is 21.4 Å². The van der Waals surface area contributed by atoms with E-state index in [1.807, 2.05) is 0 Å². The SMILES string of the molecule is CCNC(c1cc2c(cc1Br)n(C)c(=O)n2C)C(F)(F)F. The maximum atomic E-state index is 13.2. The summed E-state index contributed by atoms with van der Waals surface area (Å²) in [5.41, 5.74) is 0.836. The van der Waals surface area contributed by atoms with Crippen molar-refractivity contribution >= 4 is 27.0 Å². The maximum absolute atomic E-state index is 13.2. The lowest BCUT2D eigenvalue weighted by Crippen LogP contribution is -2.34. The summed E-state index contributed by atoms with van der Waals surface area (Å²) in [7, 11) is 3.13. The molecule has 0 fully saturated rings. The zero-order valence-corrected chi connectivity index (χ0v) is 13.3. The van der Waals surface area contributed by atoms with E-state index in [9.17, 15) is 18.0 Å². The van der Waals surface area contributed by atoms with Crippen LogP contribution < -0.4 is 11.0 Å². The monoisotopic (exact) mass is 365 g/mol. The van der Waals surface area contributed by atoms with Gasteiger partial charge in [0.25, 0.3) is 0 Å². The van der Waals surface area contributed by atoms with Gasteiger partial charge in [-0.1, -0.05) is 22.9 Å². The topological polar surface area (TPSA) is 39.0 Å². The van der Waals surface area contributed by atoms with E-state index < -0.39 is 12.2 Å². The number of nitrogens with zero attached hydrogens (tertiary/aromatic N) is 2. The van der Waals surface area contributed by atoms with Gasteiger partial charge in [0.15, 0.2) is 0 Å². The summed E-state index contributed by atoms with van der Waals surface area (Å²) in [5.74, 6) is 0. The predicted molar refractivity (Wildman–Crippen MR) is 78.3 cm³/mol. The van der Waals surface area contributed by atoms with Crippen molar-refractivity contribution in [1.29, 1.82) is 0 Å². The Hall–Kier alpha value is -1.28. The predicted octanol–water partition coefficient (Wildman–Crippen LogP) is 2.85. The molecule has 4 nitrogen and oxygen atoms in total. The van der Waals surface area contributed by atoms with Crippen LogP contribution in [0.25, 0.3) is 11.0 Å². The van der Waals surface area contributed by atoms with Crippen LogP contribution in [-0.2, 0) is 14.1 Å². The first kappa shape index (κ1) is 16.1. The third-order valence-electron chi connectivity index (χ3n) is 3.44. The second-order valence-corrected chi connectivity index (χ2v) is 5.65. The van der Waals surface area contributed by atoms with Crippen molar-refractivity contribution in [3.63, 3.8) is 0 Å². The van der Waals surface area contributed by atoms with E-state index in [0.717, 1.165) is 0 Å². The number of alkyl halides is 3. The molecule has 1 atom stereocenters. The van der Waals surface area contributed by atoms with Crippen LogP contribution in [0.1, 0.15) is 18.5 Å². The standard InChI is InChI=1S/C13H15BrF3N3O/c1-4-18-11(13(15,16)17)7-5-9-10(6-8(7)14)20(3)12(21)19(9)2/h5-6,11,18H,4H2,1-3H3. The van der Waals surface area contributed by atoms with Crippen molar-refractivity contribution in [1.82, 2.24) is 14.5 Å². The number of rotatable bonds is 3. The summed E-state index contributed by atoms with van der Waals surface area (Å²) < 4.78 is 42.7. The van der Waals surface area contributed by atoms with Crippen LogP contribution >= 0.6 is 15.9 Å². The normalized spacial score (nSPS) is 13.9. The third-order valence-corrected chi connectivity index (χ3v) is 4.12. The van der Waals surface area contributed by atoms with E-state index in [4.69, 9.17) is 0 Å². The van der Waals surface area contributed by atoms with Gasteiger partial charge in [0.1, 0.15) is 6.04 Å². The molecule has 0 saturated heterocycles. The van der Waals surface area contributed by atoms with E-state index in [2.05, 4.69) is 21.2 Å². The fourth-order valence-electron chi connectivity index (χ4n) is 2.36. The summed E-state index contributed by atoms with van der Waals surface area (Å²) >= 11 is 3.18. The summed E-state index contributed by atoms with van der Waals surface area (Å²) in [6.45, 7) is 1.80. The zero-order chi connectivity index (χ0) is 15.9. The molecule has 2 rings (SSSR count). The summed E-state index contributed by atoms with van der Waals surface area (Å²) in [6.07, 6.45) is -4.42. The van der Waals surface area contributed by atoms with E-state index in [-0.39, 0.29) is 17.8 Å². The fraction of sp³-hybridized carbons (Fsp3) is 0.462. The highest BCUT2D eigenvalue weighted by Gasteiger charge is 2.41. The molecule has 1 N–H and O–H groups in total. The molecule has 8 heteroatoms. The maximum Gasteiger partial charge on any atom is 0.407 e. The molecule has 116 valence electrons. The van der Waals surface area contributed by atoms with Crippen molar-refractivity contribution in [2.45, 2.75) is 19.1 Å². The van der Waals surface area contributed by atoms with Crippen molar-refractivity contribution in [2.24, 2.45) is 14.1 Å². The minimum Gasteiger partial charge on any atom is -0.303 e. The number of halogens is 4. The smallest absolute Gasteiger partial charge is 0.303 e. The molecule has 21 heavy (non-hydrogen) atoms. The van der Waals surface area contributed by atoms with Gasteiger partial charge in [-0.2, -0.15) is 13.2 Å². The van der Waals surface area contributed by atoms with Gasteiger partial charge in [0.2, 0.25) is 0 Å². The molecule has 0 aliphatic rings. The number of benzene rings is 1. The molecule has 0 bridgehead atoms. The Morgan fingerprint density at radius 1 is 1.24 bits per heavy atom. The molecular formula is C13H15BrF3N3O. The molecule has 0 aliphatic carbocycles. The molecule has 0 radical (unpaired) electrons. The lowest BCUT2D eigenvalue weighted by atomic mass is 10.1. The average Bonchev–Trinajstić information content (AvgIpc) is 2.59. The Kier molecular flexibility index (Phi) is 4.21. The second-order valence-electron chi connectivity index (χ2n) is 4.80. The molecule has 0 spiro atoms. The molecule has 1 aromatic carbocycles. The number of nitrogens with one attached hydrogen (secondary N) is 1. The van der Waals surface area contributed by atoms with Gasteiger partial charge in [-0.05, 0) is 24.2 Å². The van der Waals surface area contributed by atoms with Crippen LogP contribution in [0.5, 0.6) is 0 Å². The third kappa shape index (κ3) is 2.74. The number of hydrogen-bond donors (Lipinski definition) is 1. The van der Waals surface area contributed by atoms with Gasteiger partial charge in [0, 0.05) is 18.6 Å². The van der Waals surface area contributed by atoms with Crippen molar-refractivity contribution in [2.75, 3.05) is 6.54 Å². The van der Waals surface area contributed by atoms with Gasteiger partial charge in [-0.3, -0.25) is 9.13 Å². The first-order valence-electron chi connectivity index (χ1n) is 6.33. The quantitative estimate of drug-likeness (QED) is 0.908. The molecule has 0 amide bonds. The highest BCUT2D eigenvalue weighted by molar-refractivity contribution is 9.10. The first-order chi connectivity index (χ1) is 9.68. The lowest BCUT2D eigenvalue weighted by Gasteiger charge is -2.22. The second kappa shape index (κ2) is 5.49. The van der Waals surface area contributed by atoms with E-state index in [1.54, 1.807) is 20.0 Å². The Balaban J connectivity index is 2.72. The lowest BCUT2D eigenvalue weighted by molar-refractivity contribution is -0.157. The van der Waals surface area contributed by atoms with E-state index >= 15 is 0 Å². The average molecular weight is 366 g/mol. The minimum absolute atomic E-state index is 0.0676. The molecule has 1 heterocycles. The summed E-state index contributed by atoms with van der Waals surface area (Å²) in [5, 5.41) is 2.44. The molecule has 1 unspecified atom stereocenters. The highest BCUT2D eigenvalue weighted by atomic mass is 79.9. The minimum atomic E-state index is -4.42. The van der Waals surface area contributed by atoms with Crippen molar-refractivity contribution < 1.29 is 13.2 Å². The Labute approximate surface area is 127 Å².